The SMILES string of the molecule is CC1=C(C(=O)OC2CCCCCCC2)[C@H](c2ccc(F)cc2)NC(=O)N1. The number of carbonyl (C=O) groups excluding carboxylic acids is 2. The third-order valence-electron chi connectivity index (χ3n) is 5.02. The Hall–Kier alpha value is -2.37. The number of rotatable bonds is 3. The second kappa shape index (κ2) is 8.34. The molecule has 140 valence electrons. The highest BCUT2D eigenvalue weighted by Crippen LogP contribution is 2.29. The molecule has 1 fully saturated rings. The van der Waals surface area contributed by atoms with Crippen LogP contribution in [0.3, 0.4) is 0 Å². The molecule has 5 nitrogen and oxygen atoms in total. The molecule has 1 aromatic carbocycles. The third kappa shape index (κ3) is 4.42. The summed E-state index contributed by atoms with van der Waals surface area (Å²) in [5.41, 5.74) is 1.49. The van der Waals surface area contributed by atoms with Crippen LogP contribution in [-0.2, 0) is 9.53 Å². The smallest absolute Gasteiger partial charge is 0.338 e. The van der Waals surface area contributed by atoms with Crippen molar-refractivity contribution in [3.8, 4) is 0 Å². The Morgan fingerprint density at radius 1 is 1.08 bits per heavy atom. The summed E-state index contributed by atoms with van der Waals surface area (Å²) in [5, 5.41) is 5.38. The largest absolute Gasteiger partial charge is 0.459 e. The number of carbonyl (C=O) groups is 2. The van der Waals surface area contributed by atoms with E-state index >= 15 is 0 Å². The molecule has 0 spiro atoms. The van der Waals surface area contributed by atoms with Crippen LogP contribution in [0.5, 0.6) is 0 Å². The number of ether oxygens (including phenoxy) is 1. The van der Waals surface area contributed by atoms with Crippen molar-refractivity contribution in [2.45, 2.75) is 64.0 Å². The van der Waals surface area contributed by atoms with E-state index in [2.05, 4.69) is 10.6 Å². The van der Waals surface area contributed by atoms with Crippen LogP contribution in [-0.4, -0.2) is 18.1 Å². The lowest BCUT2D eigenvalue weighted by atomic mass is 9.95. The van der Waals surface area contributed by atoms with Crippen molar-refractivity contribution in [3.63, 3.8) is 0 Å². The summed E-state index contributed by atoms with van der Waals surface area (Å²) in [5.74, 6) is -0.789. The third-order valence-corrected chi connectivity index (χ3v) is 5.02. The van der Waals surface area contributed by atoms with Crippen molar-refractivity contribution >= 4 is 12.0 Å². The number of allylic oxidation sites excluding steroid dienone is 1. The van der Waals surface area contributed by atoms with Gasteiger partial charge in [-0.05, 0) is 50.3 Å². The molecule has 0 unspecified atom stereocenters. The first kappa shape index (κ1) is 18.4. The normalized spacial score (nSPS) is 22.1. The second-order valence-corrected chi connectivity index (χ2v) is 6.99. The number of esters is 1. The monoisotopic (exact) mass is 360 g/mol. The van der Waals surface area contributed by atoms with E-state index in [9.17, 15) is 14.0 Å². The highest BCUT2D eigenvalue weighted by atomic mass is 19.1. The number of halogens is 1. The number of nitrogens with one attached hydrogen (secondary N) is 2. The fourth-order valence-corrected chi connectivity index (χ4v) is 3.62. The molecule has 0 saturated heterocycles. The van der Waals surface area contributed by atoms with Crippen LogP contribution in [0.4, 0.5) is 9.18 Å². The standard InChI is InChI=1S/C20H25FN2O3/c1-13-17(19(24)26-16-7-5-3-2-4-6-8-16)18(23-20(25)22-13)14-9-11-15(21)12-10-14/h9-12,16,18H,2-8H2,1H3,(H2,22,23,25)/t18-/m0/s1. The van der Waals surface area contributed by atoms with Gasteiger partial charge in [0.25, 0.3) is 0 Å². The van der Waals surface area contributed by atoms with E-state index in [1.54, 1.807) is 19.1 Å². The average molecular weight is 360 g/mol. The van der Waals surface area contributed by atoms with Crippen molar-refractivity contribution in [1.82, 2.24) is 10.6 Å². The number of hydrogen-bond acceptors (Lipinski definition) is 3. The van der Waals surface area contributed by atoms with Crippen molar-refractivity contribution in [2.24, 2.45) is 0 Å². The number of amides is 2. The van der Waals surface area contributed by atoms with Gasteiger partial charge in [0.05, 0.1) is 11.6 Å². The number of hydrogen-bond donors (Lipinski definition) is 2. The Morgan fingerprint density at radius 2 is 1.69 bits per heavy atom. The quantitative estimate of drug-likeness (QED) is 0.797. The number of benzene rings is 1. The summed E-state index contributed by atoms with van der Waals surface area (Å²) < 4.78 is 19.0. The van der Waals surface area contributed by atoms with E-state index in [1.807, 2.05) is 0 Å². The molecule has 1 saturated carbocycles. The fourth-order valence-electron chi connectivity index (χ4n) is 3.62. The minimum atomic E-state index is -0.648. The molecule has 0 radical (unpaired) electrons. The molecule has 0 aromatic heterocycles. The molecule has 1 aliphatic carbocycles. The van der Waals surface area contributed by atoms with Gasteiger partial charge < -0.3 is 15.4 Å². The van der Waals surface area contributed by atoms with Gasteiger partial charge in [-0.3, -0.25) is 0 Å². The Morgan fingerprint density at radius 3 is 2.35 bits per heavy atom. The lowest BCUT2D eigenvalue weighted by Crippen LogP contribution is -2.45. The molecular formula is C20H25FN2O3. The molecule has 1 atom stereocenters. The predicted octanol–water partition coefficient (Wildman–Crippen LogP) is 4.11. The van der Waals surface area contributed by atoms with Crippen molar-refractivity contribution < 1.29 is 18.7 Å². The predicted molar refractivity (Wildman–Crippen MR) is 95.7 cm³/mol. The van der Waals surface area contributed by atoms with Crippen LogP contribution in [0.25, 0.3) is 0 Å². The van der Waals surface area contributed by atoms with Crippen LogP contribution >= 0.6 is 0 Å². The van der Waals surface area contributed by atoms with Gasteiger partial charge >= 0.3 is 12.0 Å². The van der Waals surface area contributed by atoms with Gasteiger partial charge in [0, 0.05) is 5.70 Å². The molecule has 1 heterocycles. The summed E-state index contributed by atoms with van der Waals surface area (Å²) in [6.07, 6.45) is 7.37. The van der Waals surface area contributed by atoms with Crippen LogP contribution in [0, 0.1) is 5.82 Å². The first-order valence-electron chi connectivity index (χ1n) is 9.29. The Bertz CT molecular complexity index is 692. The molecule has 2 amide bonds. The summed E-state index contributed by atoms with van der Waals surface area (Å²) in [6, 6.07) is 4.74. The van der Waals surface area contributed by atoms with Crippen molar-refractivity contribution in [1.29, 1.82) is 0 Å². The molecular weight excluding hydrogens is 335 g/mol. The fraction of sp³-hybridized carbons (Fsp3) is 0.500. The van der Waals surface area contributed by atoms with Crippen LogP contribution < -0.4 is 10.6 Å². The molecule has 0 bridgehead atoms. The summed E-state index contributed by atoms with van der Waals surface area (Å²) in [7, 11) is 0. The molecule has 2 aliphatic rings. The summed E-state index contributed by atoms with van der Waals surface area (Å²) in [4.78, 5) is 24.8. The maximum atomic E-state index is 13.2. The molecule has 1 aromatic rings. The van der Waals surface area contributed by atoms with E-state index in [1.165, 1.54) is 31.4 Å². The Kier molecular flexibility index (Phi) is 5.91. The zero-order valence-corrected chi connectivity index (χ0v) is 15.0. The van der Waals surface area contributed by atoms with Gasteiger partial charge in [-0.2, -0.15) is 0 Å². The van der Waals surface area contributed by atoms with Gasteiger partial charge in [0.1, 0.15) is 11.9 Å². The molecule has 2 N–H and O–H groups in total. The van der Waals surface area contributed by atoms with Gasteiger partial charge in [0.15, 0.2) is 0 Å². The zero-order chi connectivity index (χ0) is 18.5. The summed E-state index contributed by atoms with van der Waals surface area (Å²) >= 11 is 0. The van der Waals surface area contributed by atoms with Crippen molar-refractivity contribution in [2.75, 3.05) is 0 Å². The topological polar surface area (TPSA) is 67.4 Å². The number of urea groups is 1. The molecule has 1 aliphatic heterocycles. The van der Waals surface area contributed by atoms with Gasteiger partial charge in [-0.25, -0.2) is 14.0 Å². The zero-order valence-electron chi connectivity index (χ0n) is 15.0. The maximum Gasteiger partial charge on any atom is 0.338 e. The van der Waals surface area contributed by atoms with Gasteiger partial charge in [-0.1, -0.05) is 31.4 Å². The Labute approximate surface area is 153 Å². The van der Waals surface area contributed by atoms with Crippen LogP contribution in [0.15, 0.2) is 35.5 Å². The minimum absolute atomic E-state index is 0.0883. The van der Waals surface area contributed by atoms with E-state index in [0.717, 1.165) is 25.7 Å². The molecule has 26 heavy (non-hydrogen) atoms. The average Bonchev–Trinajstić information content (AvgIpc) is 2.57. The lowest BCUT2D eigenvalue weighted by molar-refractivity contribution is -0.145. The van der Waals surface area contributed by atoms with Crippen LogP contribution in [0.1, 0.15) is 63.5 Å². The minimum Gasteiger partial charge on any atom is -0.459 e. The highest BCUT2D eigenvalue weighted by Gasteiger charge is 2.33. The van der Waals surface area contributed by atoms with E-state index in [4.69, 9.17) is 4.74 Å². The second-order valence-electron chi connectivity index (χ2n) is 6.99. The summed E-state index contributed by atoms with van der Waals surface area (Å²) in [6.45, 7) is 1.68. The van der Waals surface area contributed by atoms with E-state index in [0.29, 0.717) is 16.8 Å². The van der Waals surface area contributed by atoms with Crippen molar-refractivity contribution in [3.05, 3.63) is 46.9 Å². The van der Waals surface area contributed by atoms with Gasteiger partial charge in [-0.15, -0.1) is 0 Å². The molecule has 3 rings (SSSR count). The Balaban J connectivity index is 1.81. The first-order chi connectivity index (χ1) is 12.5. The first-order valence-corrected chi connectivity index (χ1v) is 9.29. The molecule has 6 heteroatoms. The highest BCUT2D eigenvalue weighted by molar-refractivity contribution is 5.95. The lowest BCUT2D eigenvalue weighted by Gasteiger charge is -2.29. The maximum absolute atomic E-state index is 13.2. The van der Waals surface area contributed by atoms with Crippen LogP contribution in [0.2, 0.25) is 0 Å². The van der Waals surface area contributed by atoms with E-state index in [-0.39, 0.29) is 18.0 Å². The van der Waals surface area contributed by atoms with E-state index < -0.39 is 12.0 Å². The van der Waals surface area contributed by atoms with Gasteiger partial charge in [0.2, 0.25) is 0 Å².